The zero-order valence-electron chi connectivity index (χ0n) is 9.65. The summed E-state index contributed by atoms with van der Waals surface area (Å²) in [5, 5.41) is 8.91. The summed E-state index contributed by atoms with van der Waals surface area (Å²) >= 11 is 0. The van der Waals surface area contributed by atoms with Gasteiger partial charge in [0.1, 0.15) is 5.75 Å². The van der Waals surface area contributed by atoms with E-state index in [0.29, 0.717) is 6.61 Å². The average Bonchev–Trinajstić information content (AvgIpc) is 2.67. The molecule has 1 aliphatic rings. The predicted molar refractivity (Wildman–Crippen MR) is 63.4 cm³/mol. The molecule has 0 bridgehead atoms. The van der Waals surface area contributed by atoms with E-state index in [0.717, 1.165) is 18.6 Å². The Morgan fingerprint density at radius 2 is 2.38 bits per heavy atom. The monoisotopic (exact) mass is 221 g/mol. The highest BCUT2D eigenvalue weighted by Gasteiger charge is 2.19. The Balaban J connectivity index is 2.02. The van der Waals surface area contributed by atoms with Crippen molar-refractivity contribution in [3.63, 3.8) is 0 Å². The predicted octanol–water partition coefficient (Wildman–Crippen LogP) is 1.64. The average molecular weight is 221 g/mol. The molecule has 88 valence electrons. The summed E-state index contributed by atoms with van der Waals surface area (Å²) < 4.78 is 5.62. The molecule has 2 rings (SSSR count). The number of fused-ring (bicyclic) bond motifs is 1. The Kier molecular flexibility index (Phi) is 3.46. The third-order valence-electron chi connectivity index (χ3n) is 3.08. The lowest BCUT2D eigenvalue weighted by molar-refractivity contribution is 0.174. The molecule has 0 spiro atoms. The van der Waals surface area contributed by atoms with Gasteiger partial charge in [0.05, 0.1) is 6.61 Å². The van der Waals surface area contributed by atoms with Crippen molar-refractivity contribution in [3.8, 4) is 5.75 Å². The number of aliphatic hydroxyl groups is 1. The molecule has 3 heteroatoms. The van der Waals surface area contributed by atoms with Gasteiger partial charge in [-0.3, -0.25) is 0 Å². The third kappa shape index (κ3) is 2.36. The molecule has 3 N–H and O–H groups in total. The number of aliphatic hydroxyl groups excluding tert-OH is 1. The lowest BCUT2D eigenvalue weighted by atomic mass is 10.1. The second-order valence-electron chi connectivity index (χ2n) is 4.60. The highest BCUT2D eigenvalue weighted by Crippen LogP contribution is 2.31. The number of hydrogen-bond donors (Lipinski definition) is 2. The van der Waals surface area contributed by atoms with Gasteiger partial charge >= 0.3 is 0 Å². The van der Waals surface area contributed by atoms with Crippen LogP contribution < -0.4 is 10.5 Å². The molecular weight excluding hydrogens is 202 g/mol. The Labute approximate surface area is 96.2 Å². The topological polar surface area (TPSA) is 55.5 Å². The maximum absolute atomic E-state index is 8.91. The first-order valence-corrected chi connectivity index (χ1v) is 5.82. The number of rotatable bonds is 4. The first-order chi connectivity index (χ1) is 7.70. The summed E-state index contributed by atoms with van der Waals surface area (Å²) in [5.41, 5.74) is 8.53. The Hall–Kier alpha value is -1.06. The van der Waals surface area contributed by atoms with Crippen molar-refractivity contribution in [2.45, 2.75) is 25.8 Å². The molecule has 0 aromatic heterocycles. The maximum Gasteiger partial charge on any atom is 0.119 e. The molecule has 0 radical (unpaired) electrons. The van der Waals surface area contributed by atoms with Crippen LogP contribution in [0.5, 0.6) is 5.75 Å². The van der Waals surface area contributed by atoms with E-state index < -0.39 is 0 Å². The fraction of sp³-hybridized carbons (Fsp3) is 0.538. The highest BCUT2D eigenvalue weighted by molar-refractivity contribution is 5.40. The van der Waals surface area contributed by atoms with Crippen LogP contribution in [-0.4, -0.2) is 18.3 Å². The number of ether oxygens (including phenoxy) is 1. The largest absolute Gasteiger partial charge is 0.493 e. The van der Waals surface area contributed by atoms with E-state index in [2.05, 4.69) is 12.1 Å². The standard InChI is InChI=1S/C13H19NO2/c1-9(7-15)8-16-11-3-4-12-10(6-11)2-5-13(12)14/h3-4,6,9,13,15H,2,5,7-8,14H2,1H3/t9?,13-/m1/s1. The van der Waals surface area contributed by atoms with Crippen LogP contribution in [-0.2, 0) is 6.42 Å². The first-order valence-electron chi connectivity index (χ1n) is 5.82. The van der Waals surface area contributed by atoms with Gasteiger partial charge in [-0.05, 0) is 36.1 Å². The summed E-state index contributed by atoms with van der Waals surface area (Å²) in [4.78, 5) is 0. The maximum atomic E-state index is 8.91. The van der Waals surface area contributed by atoms with Gasteiger partial charge in [-0.1, -0.05) is 13.0 Å². The highest BCUT2D eigenvalue weighted by atomic mass is 16.5. The molecule has 2 atom stereocenters. The summed E-state index contributed by atoms with van der Waals surface area (Å²) in [6.07, 6.45) is 2.08. The van der Waals surface area contributed by atoms with Crippen molar-refractivity contribution in [3.05, 3.63) is 29.3 Å². The summed E-state index contributed by atoms with van der Waals surface area (Å²) in [7, 11) is 0. The molecule has 1 unspecified atom stereocenters. The Morgan fingerprint density at radius 1 is 1.56 bits per heavy atom. The van der Waals surface area contributed by atoms with Gasteiger partial charge < -0.3 is 15.6 Å². The van der Waals surface area contributed by atoms with Gasteiger partial charge in [-0.2, -0.15) is 0 Å². The van der Waals surface area contributed by atoms with Gasteiger partial charge in [-0.15, -0.1) is 0 Å². The normalized spacial score (nSPS) is 20.6. The van der Waals surface area contributed by atoms with Crippen molar-refractivity contribution >= 4 is 0 Å². The SMILES string of the molecule is CC(CO)COc1ccc2c(c1)CC[C@H]2N. The van der Waals surface area contributed by atoms with E-state index in [9.17, 15) is 0 Å². The molecule has 0 amide bonds. The van der Waals surface area contributed by atoms with E-state index in [1.54, 1.807) is 0 Å². The molecule has 16 heavy (non-hydrogen) atoms. The Bertz CT molecular complexity index is 365. The molecule has 1 aliphatic carbocycles. The summed E-state index contributed by atoms with van der Waals surface area (Å²) in [6.45, 7) is 2.68. The van der Waals surface area contributed by atoms with Crippen LogP contribution in [0.15, 0.2) is 18.2 Å². The van der Waals surface area contributed by atoms with E-state index in [1.165, 1.54) is 11.1 Å². The minimum Gasteiger partial charge on any atom is -0.493 e. The van der Waals surface area contributed by atoms with Crippen molar-refractivity contribution in [1.29, 1.82) is 0 Å². The lowest BCUT2D eigenvalue weighted by Gasteiger charge is -2.12. The van der Waals surface area contributed by atoms with Gasteiger partial charge in [0.15, 0.2) is 0 Å². The van der Waals surface area contributed by atoms with E-state index >= 15 is 0 Å². The van der Waals surface area contributed by atoms with Crippen LogP contribution in [0.2, 0.25) is 0 Å². The van der Waals surface area contributed by atoms with Crippen LogP contribution in [0.3, 0.4) is 0 Å². The molecular formula is C13H19NO2. The first kappa shape index (κ1) is 11.4. The van der Waals surface area contributed by atoms with Crippen molar-refractivity contribution in [1.82, 2.24) is 0 Å². The second-order valence-corrected chi connectivity index (χ2v) is 4.60. The van der Waals surface area contributed by atoms with Crippen molar-refractivity contribution in [2.75, 3.05) is 13.2 Å². The number of benzene rings is 1. The quantitative estimate of drug-likeness (QED) is 0.812. The number of hydrogen-bond acceptors (Lipinski definition) is 3. The molecule has 0 heterocycles. The molecule has 0 aliphatic heterocycles. The molecule has 3 nitrogen and oxygen atoms in total. The fourth-order valence-electron chi connectivity index (χ4n) is 2.01. The van der Waals surface area contributed by atoms with Crippen LogP contribution in [0.4, 0.5) is 0 Å². The summed E-state index contributed by atoms with van der Waals surface area (Å²) in [6, 6.07) is 6.30. The van der Waals surface area contributed by atoms with Crippen molar-refractivity contribution < 1.29 is 9.84 Å². The summed E-state index contributed by atoms with van der Waals surface area (Å²) in [5.74, 6) is 1.06. The van der Waals surface area contributed by atoms with Crippen molar-refractivity contribution in [2.24, 2.45) is 11.7 Å². The second kappa shape index (κ2) is 4.85. The van der Waals surface area contributed by atoms with Crippen LogP contribution in [0.25, 0.3) is 0 Å². The van der Waals surface area contributed by atoms with Gasteiger partial charge in [0, 0.05) is 18.6 Å². The van der Waals surface area contributed by atoms with E-state index in [-0.39, 0.29) is 18.6 Å². The fourth-order valence-corrected chi connectivity index (χ4v) is 2.01. The minimum absolute atomic E-state index is 0.163. The molecule has 1 aromatic carbocycles. The molecule has 0 fully saturated rings. The minimum atomic E-state index is 0.163. The van der Waals surface area contributed by atoms with Crippen LogP contribution in [0, 0.1) is 5.92 Å². The Morgan fingerprint density at radius 3 is 3.12 bits per heavy atom. The molecule has 1 aromatic rings. The smallest absolute Gasteiger partial charge is 0.119 e. The molecule has 0 saturated carbocycles. The zero-order valence-corrected chi connectivity index (χ0v) is 9.65. The third-order valence-corrected chi connectivity index (χ3v) is 3.08. The van der Waals surface area contributed by atoms with E-state index in [4.69, 9.17) is 15.6 Å². The lowest BCUT2D eigenvalue weighted by Crippen LogP contribution is -2.12. The molecule has 0 saturated heterocycles. The number of aryl methyl sites for hydroxylation is 1. The van der Waals surface area contributed by atoms with Gasteiger partial charge in [0.2, 0.25) is 0 Å². The van der Waals surface area contributed by atoms with Crippen LogP contribution >= 0.6 is 0 Å². The van der Waals surface area contributed by atoms with Gasteiger partial charge in [0.25, 0.3) is 0 Å². The van der Waals surface area contributed by atoms with Gasteiger partial charge in [-0.25, -0.2) is 0 Å². The zero-order chi connectivity index (χ0) is 11.5. The van der Waals surface area contributed by atoms with Crippen LogP contribution in [0.1, 0.15) is 30.5 Å². The van der Waals surface area contributed by atoms with E-state index in [1.807, 2.05) is 13.0 Å². The number of nitrogens with two attached hydrogens (primary N) is 1.